The van der Waals surface area contributed by atoms with Gasteiger partial charge in [0.25, 0.3) is 0 Å². The van der Waals surface area contributed by atoms with Crippen molar-refractivity contribution in [3.8, 4) is 0 Å². The van der Waals surface area contributed by atoms with Gasteiger partial charge in [0.15, 0.2) is 8.32 Å². The molecule has 1 rings (SSSR count). The van der Waals surface area contributed by atoms with Crippen LogP contribution in [-0.4, -0.2) is 8.32 Å². The number of hydrogen-bond donors (Lipinski definition) is 0. The predicted octanol–water partition coefficient (Wildman–Crippen LogP) is 4.33. The highest BCUT2D eigenvalue weighted by atomic mass is 28.4. The van der Waals surface area contributed by atoms with Crippen molar-refractivity contribution in [1.82, 2.24) is 0 Å². The third-order valence-corrected chi connectivity index (χ3v) is 3.45. The van der Waals surface area contributed by atoms with Gasteiger partial charge < -0.3 is 4.43 Å². The molecule has 0 aliphatic rings. The summed E-state index contributed by atoms with van der Waals surface area (Å²) in [6.07, 6.45) is 3.04. The van der Waals surface area contributed by atoms with Gasteiger partial charge in [-0.1, -0.05) is 30.3 Å². The molecular formula is C14H22OSi. The molecule has 88 valence electrons. The summed E-state index contributed by atoms with van der Waals surface area (Å²) >= 11 is 0. The van der Waals surface area contributed by atoms with E-state index in [1.165, 1.54) is 11.1 Å². The summed E-state index contributed by atoms with van der Waals surface area (Å²) in [7, 11) is -1.47. The van der Waals surface area contributed by atoms with Gasteiger partial charge in [0, 0.05) is 0 Å². The second kappa shape index (κ2) is 5.46. The first-order chi connectivity index (χ1) is 7.44. The lowest BCUT2D eigenvalue weighted by atomic mass is 10.0. The van der Waals surface area contributed by atoms with Gasteiger partial charge >= 0.3 is 0 Å². The molecule has 0 aromatic heterocycles. The van der Waals surface area contributed by atoms with Crippen molar-refractivity contribution < 1.29 is 4.43 Å². The van der Waals surface area contributed by atoms with Crippen molar-refractivity contribution in [2.75, 3.05) is 0 Å². The van der Waals surface area contributed by atoms with Crippen molar-refractivity contribution >= 4 is 8.32 Å². The zero-order valence-corrected chi connectivity index (χ0v) is 11.8. The van der Waals surface area contributed by atoms with Crippen LogP contribution in [0.25, 0.3) is 0 Å². The molecular weight excluding hydrogens is 212 g/mol. The molecule has 1 atom stereocenters. The molecule has 2 heteroatoms. The van der Waals surface area contributed by atoms with E-state index in [1.807, 2.05) is 6.08 Å². The Morgan fingerprint density at radius 1 is 1.31 bits per heavy atom. The first-order valence-corrected chi connectivity index (χ1v) is 9.21. The molecule has 0 heterocycles. The Bertz CT molecular complexity index is 352. The highest BCUT2D eigenvalue weighted by Crippen LogP contribution is 2.25. The molecule has 1 aromatic carbocycles. The molecule has 0 fully saturated rings. The van der Waals surface area contributed by atoms with E-state index in [1.54, 1.807) is 0 Å². The molecule has 1 aromatic rings. The number of rotatable bonds is 5. The highest BCUT2D eigenvalue weighted by molar-refractivity contribution is 6.69. The minimum Gasteiger partial charge on any atom is -0.411 e. The quantitative estimate of drug-likeness (QED) is 0.544. The summed E-state index contributed by atoms with van der Waals surface area (Å²) in [5.41, 5.74) is 2.62. The Morgan fingerprint density at radius 3 is 2.50 bits per heavy atom. The SMILES string of the molecule is C=CCc1ccccc1[C@@H](C)O[Si](C)(C)C. The monoisotopic (exact) mass is 234 g/mol. The smallest absolute Gasteiger partial charge is 0.184 e. The molecule has 1 nitrogen and oxygen atoms in total. The molecule has 0 aliphatic carbocycles. The van der Waals surface area contributed by atoms with Crippen molar-refractivity contribution in [3.05, 3.63) is 48.0 Å². The van der Waals surface area contributed by atoms with E-state index >= 15 is 0 Å². The molecule has 0 aliphatic heterocycles. The van der Waals surface area contributed by atoms with E-state index in [2.05, 4.69) is 57.4 Å². The van der Waals surface area contributed by atoms with Crippen LogP contribution in [0.15, 0.2) is 36.9 Å². The Hall–Kier alpha value is -0.863. The molecule has 0 bridgehead atoms. The van der Waals surface area contributed by atoms with Crippen molar-refractivity contribution in [3.63, 3.8) is 0 Å². The van der Waals surface area contributed by atoms with E-state index in [0.717, 1.165) is 6.42 Å². The Balaban J connectivity index is 2.89. The van der Waals surface area contributed by atoms with E-state index in [-0.39, 0.29) is 6.10 Å². The molecule has 0 radical (unpaired) electrons. The largest absolute Gasteiger partial charge is 0.411 e. The first kappa shape index (κ1) is 13.2. The number of hydrogen-bond acceptors (Lipinski definition) is 1. The fraction of sp³-hybridized carbons (Fsp3) is 0.429. The lowest BCUT2D eigenvalue weighted by Crippen LogP contribution is -2.27. The lowest BCUT2D eigenvalue weighted by Gasteiger charge is -2.25. The maximum absolute atomic E-state index is 6.12. The molecule has 16 heavy (non-hydrogen) atoms. The minimum atomic E-state index is -1.47. The Labute approximate surface area is 100 Å². The van der Waals surface area contributed by atoms with Crippen LogP contribution >= 0.6 is 0 Å². The average molecular weight is 234 g/mol. The maximum atomic E-state index is 6.12. The molecule has 0 saturated heterocycles. The third-order valence-electron chi connectivity index (χ3n) is 2.39. The number of benzene rings is 1. The van der Waals surface area contributed by atoms with E-state index < -0.39 is 8.32 Å². The Morgan fingerprint density at radius 2 is 1.94 bits per heavy atom. The van der Waals surface area contributed by atoms with E-state index in [9.17, 15) is 0 Å². The molecule has 0 saturated carbocycles. The van der Waals surface area contributed by atoms with Gasteiger partial charge in [-0.3, -0.25) is 0 Å². The zero-order chi connectivity index (χ0) is 12.2. The van der Waals surface area contributed by atoms with Crippen LogP contribution in [0, 0.1) is 0 Å². The van der Waals surface area contributed by atoms with Gasteiger partial charge in [-0.15, -0.1) is 6.58 Å². The first-order valence-electron chi connectivity index (χ1n) is 5.80. The Kier molecular flexibility index (Phi) is 4.51. The van der Waals surface area contributed by atoms with Crippen LogP contribution in [0.1, 0.15) is 24.2 Å². The number of allylic oxidation sites excluding steroid dienone is 1. The van der Waals surface area contributed by atoms with Gasteiger partial charge in [-0.25, -0.2) is 0 Å². The summed E-state index contributed by atoms with van der Waals surface area (Å²) in [5.74, 6) is 0. The van der Waals surface area contributed by atoms with Crippen LogP contribution in [0.5, 0.6) is 0 Å². The maximum Gasteiger partial charge on any atom is 0.184 e. The average Bonchev–Trinajstić information content (AvgIpc) is 2.16. The summed E-state index contributed by atoms with van der Waals surface area (Å²) in [4.78, 5) is 0. The van der Waals surface area contributed by atoms with Gasteiger partial charge in [0.2, 0.25) is 0 Å². The minimum absolute atomic E-state index is 0.183. The van der Waals surface area contributed by atoms with E-state index in [0.29, 0.717) is 0 Å². The summed E-state index contributed by atoms with van der Waals surface area (Å²) < 4.78 is 6.12. The second-order valence-electron chi connectivity index (χ2n) is 5.06. The molecule has 0 N–H and O–H groups in total. The lowest BCUT2D eigenvalue weighted by molar-refractivity contribution is 0.218. The summed E-state index contributed by atoms with van der Waals surface area (Å²) in [6, 6.07) is 8.46. The van der Waals surface area contributed by atoms with Crippen LogP contribution in [0.2, 0.25) is 19.6 Å². The standard InChI is InChI=1S/C14H22OSi/c1-6-9-13-10-7-8-11-14(13)12(2)15-16(3,4)5/h6-8,10-12H,1,9H2,2-5H3/t12-/m1/s1. The van der Waals surface area contributed by atoms with Crippen molar-refractivity contribution in [2.45, 2.75) is 39.1 Å². The second-order valence-corrected chi connectivity index (χ2v) is 9.52. The fourth-order valence-electron chi connectivity index (χ4n) is 1.87. The topological polar surface area (TPSA) is 9.23 Å². The van der Waals surface area contributed by atoms with Crippen LogP contribution < -0.4 is 0 Å². The normalized spacial score (nSPS) is 13.5. The van der Waals surface area contributed by atoms with Gasteiger partial charge in [0.05, 0.1) is 6.10 Å². The summed E-state index contributed by atoms with van der Waals surface area (Å²) in [5, 5.41) is 0. The van der Waals surface area contributed by atoms with Gasteiger partial charge in [-0.05, 0) is 44.1 Å². The van der Waals surface area contributed by atoms with Gasteiger partial charge in [0.1, 0.15) is 0 Å². The van der Waals surface area contributed by atoms with Crippen molar-refractivity contribution in [2.24, 2.45) is 0 Å². The highest BCUT2D eigenvalue weighted by Gasteiger charge is 2.20. The fourth-order valence-corrected chi connectivity index (χ4v) is 3.05. The molecule has 0 amide bonds. The van der Waals surface area contributed by atoms with Gasteiger partial charge in [-0.2, -0.15) is 0 Å². The third kappa shape index (κ3) is 3.95. The molecule has 0 unspecified atom stereocenters. The van der Waals surface area contributed by atoms with Crippen LogP contribution in [0.3, 0.4) is 0 Å². The van der Waals surface area contributed by atoms with E-state index in [4.69, 9.17) is 4.43 Å². The van der Waals surface area contributed by atoms with Crippen LogP contribution in [-0.2, 0) is 10.8 Å². The summed E-state index contributed by atoms with van der Waals surface area (Å²) in [6.45, 7) is 12.6. The van der Waals surface area contributed by atoms with Crippen LogP contribution in [0.4, 0.5) is 0 Å². The zero-order valence-electron chi connectivity index (χ0n) is 10.8. The van der Waals surface area contributed by atoms with Crippen molar-refractivity contribution in [1.29, 1.82) is 0 Å². The molecule has 0 spiro atoms. The predicted molar refractivity (Wildman–Crippen MR) is 73.2 cm³/mol.